The molecule has 0 unspecified atom stereocenters. The van der Waals surface area contributed by atoms with E-state index in [4.69, 9.17) is 9.15 Å². The Morgan fingerprint density at radius 2 is 1.71 bits per heavy atom. The summed E-state index contributed by atoms with van der Waals surface area (Å²) in [6, 6.07) is 15.1. The van der Waals surface area contributed by atoms with Crippen molar-refractivity contribution < 1.29 is 23.7 Å². The van der Waals surface area contributed by atoms with Gasteiger partial charge in [-0.25, -0.2) is 0 Å². The Labute approximate surface area is 159 Å². The summed E-state index contributed by atoms with van der Waals surface area (Å²) in [5.41, 5.74) is 0.884. The fourth-order valence-corrected chi connectivity index (χ4v) is 2.29. The second-order valence-corrected chi connectivity index (χ2v) is 5.60. The monoisotopic (exact) mass is 381 g/mol. The molecule has 0 fully saturated rings. The number of hydrogen-bond donors (Lipinski definition) is 2. The van der Waals surface area contributed by atoms with Crippen molar-refractivity contribution in [3.63, 3.8) is 0 Å². The number of ether oxygens (including phenoxy) is 1. The van der Waals surface area contributed by atoms with Gasteiger partial charge in [0.25, 0.3) is 17.5 Å². The molecule has 142 valence electrons. The van der Waals surface area contributed by atoms with E-state index in [9.17, 15) is 19.7 Å². The quantitative estimate of drug-likeness (QED) is 0.477. The summed E-state index contributed by atoms with van der Waals surface area (Å²) in [5.74, 6) is -0.325. The molecule has 3 rings (SSSR count). The van der Waals surface area contributed by atoms with Crippen LogP contribution in [0.1, 0.15) is 10.6 Å². The van der Waals surface area contributed by atoms with Crippen LogP contribution < -0.4 is 15.4 Å². The molecule has 0 aliphatic carbocycles. The van der Waals surface area contributed by atoms with E-state index in [1.807, 2.05) is 0 Å². The topological polar surface area (TPSA) is 124 Å². The zero-order chi connectivity index (χ0) is 19.9. The Morgan fingerprint density at radius 1 is 1.00 bits per heavy atom. The molecule has 1 heterocycles. The lowest BCUT2D eigenvalue weighted by Gasteiger charge is -2.09. The molecule has 28 heavy (non-hydrogen) atoms. The molecule has 0 radical (unpaired) electrons. The molecule has 0 spiro atoms. The standard InChI is InChI=1S/C19H15N3O6/c23-18(12-28-16-8-6-15(7-9-16)22(25)26)20-13-3-1-4-14(11-13)21-19(24)17-5-2-10-27-17/h1-11H,12H2,(H,20,23)(H,21,24). The molecule has 2 N–H and O–H groups in total. The minimum Gasteiger partial charge on any atom is -0.484 e. The highest BCUT2D eigenvalue weighted by molar-refractivity contribution is 6.02. The maximum Gasteiger partial charge on any atom is 0.291 e. The predicted octanol–water partition coefficient (Wildman–Crippen LogP) is 3.46. The van der Waals surface area contributed by atoms with E-state index in [0.29, 0.717) is 17.1 Å². The van der Waals surface area contributed by atoms with E-state index >= 15 is 0 Å². The molecule has 1 aromatic heterocycles. The lowest BCUT2D eigenvalue weighted by atomic mass is 10.2. The van der Waals surface area contributed by atoms with Crippen LogP contribution in [0.2, 0.25) is 0 Å². The number of rotatable bonds is 7. The summed E-state index contributed by atoms with van der Waals surface area (Å²) < 4.78 is 10.3. The van der Waals surface area contributed by atoms with Gasteiger partial charge in [0.1, 0.15) is 5.75 Å². The first-order chi connectivity index (χ1) is 13.5. The number of hydrogen-bond acceptors (Lipinski definition) is 6. The minimum absolute atomic E-state index is 0.0646. The van der Waals surface area contributed by atoms with Gasteiger partial charge in [0.15, 0.2) is 12.4 Å². The van der Waals surface area contributed by atoms with Crippen molar-refractivity contribution in [1.82, 2.24) is 0 Å². The molecule has 0 bridgehead atoms. The first-order valence-electron chi connectivity index (χ1n) is 8.13. The number of anilines is 2. The third-order valence-electron chi connectivity index (χ3n) is 3.57. The second kappa shape index (κ2) is 8.49. The zero-order valence-electron chi connectivity index (χ0n) is 14.5. The average molecular weight is 381 g/mol. The maximum atomic E-state index is 12.0. The first kappa shape index (κ1) is 18.6. The van der Waals surface area contributed by atoms with Gasteiger partial charge in [-0.3, -0.25) is 19.7 Å². The van der Waals surface area contributed by atoms with Crippen molar-refractivity contribution in [3.8, 4) is 5.75 Å². The molecule has 0 saturated carbocycles. The smallest absolute Gasteiger partial charge is 0.291 e. The van der Waals surface area contributed by atoms with Gasteiger partial charge in [-0.1, -0.05) is 6.07 Å². The number of carbonyl (C=O) groups is 2. The minimum atomic E-state index is -0.520. The lowest BCUT2D eigenvalue weighted by Crippen LogP contribution is -2.20. The third-order valence-corrected chi connectivity index (χ3v) is 3.57. The van der Waals surface area contributed by atoms with Gasteiger partial charge < -0.3 is 19.8 Å². The summed E-state index contributed by atoms with van der Waals surface area (Å²) in [5, 5.41) is 15.9. The molecule has 0 atom stereocenters. The zero-order valence-corrected chi connectivity index (χ0v) is 14.5. The second-order valence-electron chi connectivity index (χ2n) is 5.60. The van der Waals surface area contributed by atoms with Crippen LogP contribution in [0.25, 0.3) is 0 Å². The molecule has 0 aliphatic rings. The van der Waals surface area contributed by atoms with Gasteiger partial charge in [-0.2, -0.15) is 0 Å². The SMILES string of the molecule is O=C(COc1ccc([N+](=O)[O-])cc1)Nc1cccc(NC(=O)c2ccco2)c1. The Kier molecular flexibility index (Phi) is 5.66. The number of nitro benzene ring substituents is 1. The van der Waals surface area contributed by atoms with Gasteiger partial charge >= 0.3 is 0 Å². The fraction of sp³-hybridized carbons (Fsp3) is 0.0526. The van der Waals surface area contributed by atoms with Crippen molar-refractivity contribution in [1.29, 1.82) is 0 Å². The van der Waals surface area contributed by atoms with E-state index in [1.54, 1.807) is 30.3 Å². The summed E-state index contributed by atoms with van der Waals surface area (Å²) in [7, 11) is 0. The normalized spacial score (nSPS) is 10.1. The van der Waals surface area contributed by atoms with Crippen molar-refractivity contribution in [2.24, 2.45) is 0 Å². The summed E-state index contributed by atoms with van der Waals surface area (Å²) in [6.07, 6.45) is 1.40. The number of furan rings is 1. The van der Waals surface area contributed by atoms with Gasteiger partial charge in [-0.05, 0) is 42.5 Å². The summed E-state index contributed by atoms with van der Waals surface area (Å²) in [4.78, 5) is 34.1. The Hall–Kier alpha value is -4.14. The van der Waals surface area contributed by atoms with Crippen LogP contribution in [0.3, 0.4) is 0 Å². The van der Waals surface area contributed by atoms with E-state index in [2.05, 4.69) is 10.6 Å². The van der Waals surface area contributed by atoms with Gasteiger partial charge in [-0.15, -0.1) is 0 Å². The van der Waals surface area contributed by atoms with Crippen molar-refractivity contribution in [2.75, 3.05) is 17.2 Å². The Balaban J connectivity index is 1.53. The number of nitrogens with zero attached hydrogens (tertiary/aromatic N) is 1. The molecule has 9 heteroatoms. The maximum absolute atomic E-state index is 12.0. The molecule has 2 amide bonds. The van der Waals surface area contributed by atoms with Gasteiger partial charge in [0, 0.05) is 23.5 Å². The van der Waals surface area contributed by atoms with Gasteiger partial charge in [0.05, 0.1) is 11.2 Å². The van der Waals surface area contributed by atoms with Crippen molar-refractivity contribution in [2.45, 2.75) is 0 Å². The molecular formula is C19H15N3O6. The van der Waals surface area contributed by atoms with Crippen LogP contribution in [-0.4, -0.2) is 23.3 Å². The van der Waals surface area contributed by atoms with E-state index in [1.165, 1.54) is 36.6 Å². The van der Waals surface area contributed by atoms with Crippen LogP contribution >= 0.6 is 0 Å². The van der Waals surface area contributed by atoms with Crippen LogP contribution in [0.15, 0.2) is 71.3 Å². The first-order valence-corrected chi connectivity index (χ1v) is 8.13. The average Bonchev–Trinajstić information content (AvgIpc) is 3.22. The number of carbonyl (C=O) groups excluding carboxylic acids is 2. The number of nitro groups is 1. The highest BCUT2D eigenvalue weighted by atomic mass is 16.6. The predicted molar refractivity (Wildman–Crippen MR) is 100 cm³/mol. The number of nitrogens with one attached hydrogen (secondary N) is 2. The third kappa shape index (κ3) is 4.94. The van der Waals surface area contributed by atoms with Crippen LogP contribution in [0.4, 0.5) is 17.1 Å². The van der Waals surface area contributed by atoms with Crippen molar-refractivity contribution >= 4 is 28.9 Å². The number of benzene rings is 2. The summed E-state index contributed by atoms with van der Waals surface area (Å²) in [6.45, 7) is -0.277. The fourth-order valence-electron chi connectivity index (χ4n) is 2.29. The molecule has 0 aliphatic heterocycles. The molecule has 0 saturated heterocycles. The summed E-state index contributed by atoms with van der Waals surface area (Å²) >= 11 is 0. The molecular weight excluding hydrogens is 366 g/mol. The van der Waals surface area contributed by atoms with Crippen LogP contribution in [0, 0.1) is 10.1 Å². The largest absolute Gasteiger partial charge is 0.484 e. The highest BCUT2D eigenvalue weighted by Gasteiger charge is 2.10. The molecule has 2 aromatic carbocycles. The lowest BCUT2D eigenvalue weighted by molar-refractivity contribution is -0.384. The van der Waals surface area contributed by atoms with Crippen LogP contribution in [0.5, 0.6) is 5.75 Å². The van der Waals surface area contributed by atoms with E-state index in [-0.39, 0.29) is 18.1 Å². The number of non-ortho nitro benzene ring substituents is 1. The molecule has 9 nitrogen and oxygen atoms in total. The molecule has 3 aromatic rings. The van der Waals surface area contributed by atoms with E-state index in [0.717, 1.165) is 0 Å². The van der Waals surface area contributed by atoms with Gasteiger partial charge in [0.2, 0.25) is 0 Å². The number of amides is 2. The Bertz CT molecular complexity index is 983. The highest BCUT2D eigenvalue weighted by Crippen LogP contribution is 2.18. The van der Waals surface area contributed by atoms with Crippen LogP contribution in [-0.2, 0) is 4.79 Å². The Morgan fingerprint density at radius 3 is 2.36 bits per heavy atom. The van der Waals surface area contributed by atoms with Crippen molar-refractivity contribution in [3.05, 3.63) is 82.8 Å². The van der Waals surface area contributed by atoms with E-state index < -0.39 is 16.7 Å².